The third-order valence-electron chi connectivity index (χ3n) is 3.78. The van der Waals surface area contributed by atoms with Crippen molar-refractivity contribution in [3.05, 3.63) is 24.3 Å². The van der Waals surface area contributed by atoms with Gasteiger partial charge in [-0.2, -0.15) is 5.10 Å². The van der Waals surface area contributed by atoms with Gasteiger partial charge in [-0.25, -0.2) is 4.79 Å². The summed E-state index contributed by atoms with van der Waals surface area (Å²) in [5, 5.41) is 7.22. The number of anilines is 2. The van der Waals surface area contributed by atoms with E-state index >= 15 is 0 Å². The van der Waals surface area contributed by atoms with E-state index in [2.05, 4.69) is 15.8 Å². The Morgan fingerprint density at radius 3 is 2.88 bits per heavy atom. The predicted molar refractivity (Wildman–Crippen MR) is 95.5 cm³/mol. The Hall–Kier alpha value is -2.55. The van der Waals surface area contributed by atoms with E-state index < -0.39 is 0 Å². The van der Waals surface area contributed by atoms with Gasteiger partial charge in [0.15, 0.2) is 0 Å². The molecule has 1 amide bonds. The first kappa shape index (κ1) is 16.3. The lowest BCUT2D eigenvalue weighted by atomic mass is 10.2. The van der Waals surface area contributed by atoms with Gasteiger partial charge >= 0.3 is 6.09 Å². The Bertz CT molecular complexity index is 637. The molecular weight excluding hydrogens is 330 g/mol. The van der Waals surface area contributed by atoms with Gasteiger partial charge in [-0.3, -0.25) is 4.90 Å². The summed E-state index contributed by atoms with van der Waals surface area (Å²) in [7, 11) is 1.49. The van der Waals surface area contributed by atoms with Crippen molar-refractivity contribution in [2.24, 2.45) is 5.10 Å². The predicted octanol–water partition coefficient (Wildman–Crippen LogP) is 0.886. The highest BCUT2D eigenvalue weighted by molar-refractivity contribution is 7.80. The molecule has 1 atom stereocenters. The average molecular weight is 349 g/mol. The Labute approximate surface area is 145 Å². The highest BCUT2D eigenvalue weighted by Crippen LogP contribution is 2.24. The molecule has 1 saturated heterocycles. The fraction of sp³-hybridized carbons (Fsp3) is 0.400. The van der Waals surface area contributed by atoms with Gasteiger partial charge < -0.3 is 25.1 Å². The van der Waals surface area contributed by atoms with Crippen LogP contribution in [-0.4, -0.2) is 57.0 Å². The number of amides is 1. The first-order valence-electron chi connectivity index (χ1n) is 7.60. The molecule has 128 valence electrons. The number of hydrogen-bond acceptors (Lipinski definition) is 7. The minimum Gasteiger partial charge on any atom is -0.474 e. The summed E-state index contributed by atoms with van der Waals surface area (Å²) in [4.78, 5) is 15.7. The Morgan fingerprint density at radius 2 is 2.21 bits per heavy atom. The zero-order valence-corrected chi connectivity index (χ0v) is 14.1. The van der Waals surface area contributed by atoms with Crippen molar-refractivity contribution >= 4 is 41.2 Å². The molecule has 2 aliphatic heterocycles. The number of nitrogens with zero attached hydrogens (tertiary/aromatic N) is 3. The van der Waals surface area contributed by atoms with Crippen LogP contribution in [0.25, 0.3) is 0 Å². The van der Waals surface area contributed by atoms with Gasteiger partial charge in [-0.05, 0) is 36.5 Å². The van der Waals surface area contributed by atoms with Gasteiger partial charge in [-0.15, -0.1) is 0 Å². The number of rotatable bonds is 4. The van der Waals surface area contributed by atoms with E-state index in [0.29, 0.717) is 13.1 Å². The number of benzene rings is 1. The number of thiocarbonyl (C=S) groups is 1. The summed E-state index contributed by atoms with van der Waals surface area (Å²) in [6, 6.07) is 7.74. The van der Waals surface area contributed by atoms with Crippen LogP contribution < -0.4 is 20.5 Å². The second-order valence-corrected chi connectivity index (χ2v) is 5.72. The van der Waals surface area contributed by atoms with Crippen LogP contribution in [0.5, 0.6) is 0 Å². The molecule has 0 aromatic heterocycles. The zero-order valence-electron chi connectivity index (χ0n) is 13.3. The number of methoxy groups -OCH3 is 1. The molecular formula is C15H19N5O3S. The largest absolute Gasteiger partial charge is 0.474 e. The van der Waals surface area contributed by atoms with Crippen molar-refractivity contribution in [1.82, 2.24) is 10.7 Å². The summed E-state index contributed by atoms with van der Waals surface area (Å²) in [6.45, 7) is 2.54. The fourth-order valence-electron chi connectivity index (χ4n) is 2.53. The van der Waals surface area contributed by atoms with Gasteiger partial charge in [-0.1, -0.05) is 0 Å². The normalized spacial score (nSPS) is 19.7. The number of hydrogen-bond donors (Lipinski definition) is 2. The minimum atomic E-state index is -0.360. The maximum absolute atomic E-state index is 12.1. The SMILES string of the molecule is COC(=S)NC[C@H]1CN(c2ccc(N3C=NNCC3)cc2)C(=O)O1. The molecule has 0 unspecified atom stereocenters. The fourth-order valence-corrected chi connectivity index (χ4v) is 2.61. The minimum absolute atomic E-state index is 0.273. The number of hydrazone groups is 1. The molecule has 3 rings (SSSR count). The molecule has 24 heavy (non-hydrogen) atoms. The van der Waals surface area contributed by atoms with Crippen LogP contribution in [0, 0.1) is 0 Å². The van der Waals surface area contributed by atoms with Gasteiger partial charge in [0.05, 0.1) is 26.7 Å². The van der Waals surface area contributed by atoms with Gasteiger partial charge in [0.25, 0.3) is 5.17 Å². The second-order valence-electron chi connectivity index (χ2n) is 5.35. The lowest BCUT2D eigenvalue weighted by Crippen LogP contribution is -2.35. The summed E-state index contributed by atoms with van der Waals surface area (Å²) in [5.74, 6) is 0. The van der Waals surface area contributed by atoms with E-state index in [0.717, 1.165) is 24.5 Å². The van der Waals surface area contributed by atoms with Gasteiger partial charge in [0.2, 0.25) is 0 Å². The lowest BCUT2D eigenvalue weighted by Gasteiger charge is -2.23. The Morgan fingerprint density at radius 1 is 1.46 bits per heavy atom. The Balaban J connectivity index is 1.61. The monoisotopic (exact) mass is 349 g/mol. The third-order valence-corrected chi connectivity index (χ3v) is 4.09. The van der Waals surface area contributed by atoms with Crippen LogP contribution in [0.4, 0.5) is 16.2 Å². The highest BCUT2D eigenvalue weighted by atomic mass is 32.1. The van der Waals surface area contributed by atoms with Crippen LogP contribution >= 0.6 is 12.2 Å². The third kappa shape index (κ3) is 3.67. The molecule has 2 aliphatic rings. The van der Waals surface area contributed by atoms with E-state index in [1.54, 1.807) is 11.2 Å². The number of ether oxygens (including phenoxy) is 2. The smallest absolute Gasteiger partial charge is 0.414 e. The van der Waals surface area contributed by atoms with Crippen molar-refractivity contribution in [1.29, 1.82) is 0 Å². The first-order chi connectivity index (χ1) is 11.7. The second kappa shape index (κ2) is 7.35. The van der Waals surface area contributed by atoms with E-state index in [-0.39, 0.29) is 17.4 Å². The number of carbonyl (C=O) groups is 1. The summed E-state index contributed by atoms with van der Waals surface area (Å²) >= 11 is 4.91. The average Bonchev–Trinajstić information content (AvgIpc) is 3.01. The molecule has 1 aromatic rings. The van der Waals surface area contributed by atoms with E-state index in [9.17, 15) is 4.79 Å². The van der Waals surface area contributed by atoms with Crippen molar-refractivity contribution in [2.45, 2.75) is 6.10 Å². The molecule has 0 aliphatic carbocycles. The number of carbonyl (C=O) groups excluding carboxylic acids is 1. The molecule has 9 heteroatoms. The molecule has 8 nitrogen and oxygen atoms in total. The van der Waals surface area contributed by atoms with E-state index in [4.69, 9.17) is 21.7 Å². The number of nitrogens with one attached hydrogen (secondary N) is 2. The topological polar surface area (TPSA) is 78.4 Å². The van der Waals surface area contributed by atoms with Gasteiger partial charge in [0, 0.05) is 17.9 Å². The number of cyclic esters (lactones) is 1. The van der Waals surface area contributed by atoms with Crippen molar-refractivity contribution in [3.63, 3.8) is 0 Å². The van der Waals surface area contributed by atoms with Crippen LogP contribution in [0.3, 0.4) is 0 Å². The highest BCUT2D eigenvalue weighted by Gasteiger charge is 2.32. The standard InChI is InChI=1S/C15H19N5O3S/c1-22-14(24)16-8-13-9-20(15(21)23-13)12-4-2-11(3-5-12)19-7-6-17-18-10-19/h2-5,10,13,17H,6-9H2,1H3,(H,16,24)/t13-/m0/s1. The van der Waals surface area contributed by atoms with Crippen molar-refractivity contribution < 1.29 is 14.3 Å². The molecule has 0 radical (unpaired) electrons. The zero-order chi connectivity index (χ0) is 16.9. The quantitative estimate of drug-likeness (QED) is 0.782. The molecule has 1 aromatic carbocycles. The maximum Gasteiger partial charge on any atom is 0.414 e. The first-order valence-corrected chi connectivity index (χ1v) is 8.01. The van der Waals surface area contributed by atoms with Crippen LogP contribution in [0.15, 0.2) is 29.4 Å². The molecule has 0 spiro atoms. The van der Waals surface area contributed by atoms with E-state index in [1.807, 2.05) is 29.2 Å². The molecule has 1 fully saturated rings. The van der Waals surface area contributed by atoms with Crippen molar-refractivity contribution in [3.8, 4) is 0 Å². The van der Waals surface area contributed by atoms with E-state index in [1.165, 1.54) is 7.11 Å². The Kier molecular flexibility index (Phi) is 4.99. The summed E-state index contributed by atoms with van der Waals surface area (Å²) < 4.78 is 10.2. The van der Waals surface area contributed by atoms with Crippen molar-refractivity contribution in [2.75, 3.05) is 43.1 Å². The summed E-state index contributed by atoms with van der Waals surface area (Å²) in [6.07, 6.45) is 1.12. The molecule has 0 bridgehead atoms. The molecule has 0 saturated carbocycles. The van der Waals surface area contributed by atoms with Crippen LogP contribution in [0.1, 0.15) is 0 Å². The van der Waals surface area contributed by atoms with Crippen LogP contribution in [-0.2, 0) is 9.47 Å². The van der Waals surface area contributed by atoms with Crippen LogP contribution in [0.2, 0.25) is 0 Å². The molecule has 2 heterocycles. The summed E-state index contributed by atoms with van der Waals surface area (Å²) in [5.41, 5.74) is 4.74. The van der Waals surface area contributed by atoms with Gasteiger partial charge in [0.1, 0.15) is 12.4 Å². The molecule has 2 N–H and O–H groups in total. The lowest BCUT2D eigenvalue weighted by molar-refractivity contribution is 0.142. The maximum atomic E-state index is 12.1.